The van der Waals surface area contributed by atoms with Gasteiger partial charge in [0.15, 0.2) is 0 Å². The van der Waals surface area contributed by atoms with Crippen molar-refractivity contribution in [3.63, 3.8) is 0 Å². The van der Waals surface area contributed by atoms with E-state index >= 15 is 0 Å². The van der Waals surface area contributed by atoms with Crippen molar-refractivity contribution in [1.29, 1.82) is 0 Å². The molecule has 0 radical (unpaired) electrons. The highest BCUT2D eigenvalue weighted by Crippen LogP contribution is 2.11. The summed E-state index contributed by atoms with van der Waals surface area (Å²) < 4.78 is 34.8. The molecule has 0 aliphatic carbocycles. The highest BCUT2D eigenvalue weighted by molar-refractivity contribution is 5.78. The van der Waals surface area contributed by atoms with Crippen LogP contribution in [0.2, 0.25) is 0 Å². The number of carbonyl (C=O) groups excluding carboxylic acids is 1. The van der Waals surface area contributed by atoms with Crippen LogP contribution < -0.4 is 10.6 Å². The van der Waals surface area contributed by atoms with Gasteiger partial charge in [-0.15, -0.1) is 0 Å². The Labute approximate surface area is 83.6 Å². The average Bonchev–Trinajstić information content (AvgIpc) is 2.00. The standard InChI is InChI=1S/C7H11F3N2O3/c8-7(9,10)4-11-3-5(13)12-2-1-6(14)15/h11H,1-4H2,(H,12,13)(H,14,15). The number of carbonyl (C=O) groups is 2. The molecule has 88 valence electrons. The van der Waals surface area contributed by atoms with E-state index in [9.17, 15) is 22.8 Å². The number of hydrogen-bond acceptors (Lipinski definition) is 3. The van der Waals surface area contributed by atoms with Gasteiger partial charge < -0.3 is 15.7 Å². The normalized spacial score (nSPS) is 11.1. The lowest BCUT2D eigenvalue weighted by molar-refractivity contribution is -0.136. The van der Waals surface area contributed by atoms with E-state index in [1.54, 1.807) is 0 Å². The maximum absolute atomic E-state index is 11.6. The van der Waals surface area contributed by atoms with Crippen molar-refractivity contribution >= 4 is 11.9 Å². The van der Waals surface area contributed by atoms with Gasteiger partial charge in [0.25, 0.3) is 0 Å². The quantitative estimate of drug-likeness (QED) is 0.584. The predicted octanol–water partition coefficient (Wildman–Crippen LogP) is -0.271. The molecule has 8 heteroatoms. The zero-order valence-corrected chi connectivity index (χ0v) is 7.73. The van der Waals surface area contributed by atoms with E-state index in [-0.39, 0.29) is 13.0 Å². The van der Waals surface area contributed by atoms with Gasteiger partial charge >= 0.3 is 12.1 Å². The number of amides is 1. The van der Waals surface area contributed by atoms with Crippen LogP contribution in [0.15, 0.2) is 0 Å². The third-order valence-corrected chi connectivity index (χ3v) is 1.27. The molecular weight excluding hydrogens is 217 g/mol. The van der Waals surface area contributed by atoms with Gasteiger partial charge in [-0.25, -0.2) is 0 Å². The van der Waals surface area contributed by atoms with Gasteiger partial charge in [-0.3, -0.25) is 9.59 Å². The molecule has 0 saturated heterocycles. The van der Waals surface area contributed by atoms with Gasteiger partial charge in [0, 0.05) is 6.54 Å². The average molecular weight is 228 g/mol. The second-order valence-electron chi connectivity index (χ2n) is 2.71. The molecule has 0 atom stereocenters. The lowest BCUT2D eigenvalue weighted by atomic mass is 10.4. The first-order chi connectivity index (χ1) is 6.81. The molecule has 15 heavy (non-hydrogen) atoms. The maximum atomic E-state index is 11.6. The predicted molar refractivity (Wildman–Crippen MR) is 44.2 cm³/mol. The molecule has 0 unspecified atom stereocenters. The number of aliphatic carboxylic acids is 1. The Bertz CT molecular complexity index is 230. The van der Waals surface area contributed by atoms with Crippen molar-refractivity contribution < 1.29 is 27.9 Å². The molecule has 0 aliphatic heterocycles. The first kappa shape index (κ1) is 13.7. The minimum absolute atomic E-state index is 0.0954. The fourth-order valence-electron chi connectivity index (χ4n) is 0.689. The Hall–Kier alpha value is -1.31. The molecular formula is C7H11F3N2O3. The van der Waals surface area contributed by atoms with E-state index in [1.807, 2.05) is 5.32 Å². The lowest BCUT2D eigenvalue weighted by Crippen LogP contribution is -2.38. The van der Waals surface area contributed by atoms with Crippen molar-refractivity contribution in [2.75, 3.05) is 19.6 Å². The van der Waals surface area contributed by atoms with E-state index in [0.29, 0.717) is 0 Å². The summed E-state index contributed by atoms with van der Waals surface area (Å²) in [6.07, 6.45) is -4.62. The number of alkyl halides is 3. The molecule has 0 heterocycles. The van der Waals surface area contributed by atoms with Crippen LogP contribution in [0, 0.1) is 0 Å². The number of carboxylic acids is 1. The molecule has 0 aliphatic rings. The van der Waals surface area contributed by atoms with Crippen molar-refractivity contribution in [3.8, 4) is 0 Å². The third kappa shape index (κ3) is 10.6. The SMILES string of the molecule is O=C(O)CCNC(=O)CNCC(F)(F)F. The Morgan fingerprint density at radius 1 is 1.27 bits per heavy atom. The fourth-order valence-corrected chi connectivity index (χ4v) is 0.689. The van der Waals surface area contributed by atoms with Crippen molar-refractivity contribution in [3.05, 3.63) is 0 Å². The lowest BCUT2D eigenvalue weighted by Gasteiger charge is -2.07. The van der Waals surface area contributed by atoms with E-state index in [2.05, 4.69) is 5.32 Å². The topological polar surface area (TPSA) is 78.4 Å². The molecule has 0 bridgehead atoms. The number of halogens is 3. The van der Waals surface area contributed by atoms with Crippen LogP contribution in [0.25, 0.3) is 0 Å². The van der Waals surface area contributed by atoms with Gasteiger partial charge in [-0.05, 0) is 0 Å². The summed E-state index contributed by atoms with van der Waals surface area (Å²) >= 11 is 0. The highest BCUT2D eigenvalue weighted by atomic mass is 19.4. The minimum atomic E-state index is -4.36. The van der Waals surface area contributed by atoms with Crippen LogP contribution in [-0.4, -0.2) is 42.8 Å². The van der Waals surface area contributed by atoms with E-state index in [0.717, 1.165) is 0 Å². The second kappa shape index (κ2) is 6.23. The summed E-state index contributed by atoms with van der Waals surface area (Å²) in [5, 5.41) is 12.2. The third-order valence-electron chi connectivity index (χ3n) is 1.27. The first-order valence-electron chi connectivity index (χ1n) is 4.07. The Morgan fingerprint density at radius 3 is 2.33 bits per heavy atom. The molecule has 0 aromatic carbocycles. The molecule has 0 aromatic heterocycles. The molecule has 0 rings (SSSR count). The Kier molecular flexibility index (Phi) is 5.68. The van der Waals surface area contributed by atoms with Crippen LogP contribution in [0.1, 0.15) is 6.42 Å². The number of hydrogen-bond donors (Lipinski definition) is 3. The number of nitrogens with one attached hydrogen (secondary N) is 2. The van der Waals surface area contributed by atoms with E-state index in [4.69, 9.17) is 5.11 Å². The summed E-state index contributed by atoms with van der Waals surface area (Å²) in [5.41, 5.74) is 0. The van der Waals surface area contributed by atoms with Gasteiger partial charge in [-0.2, -0.15) is 13.2 Å². The van der Waals surface area contributed by atoms with Crippen molar-refractivity contribution in [2.45, 2.75) is 12.6 Å². The van der Waals surface area contributed by atoms with E-state index < -0.39 is 31.1 Å². The summed E-state index contributed by atoms with van der Waals surface area (Å²) in [4.78, 5) is 20.8. The largest absolute Gasteiger partial charge is 0.481 e. The van der Waals surface area contributed by atoms with Gasteiger partial charge in [0.2, 0.25) is 5.91 Å². The minimum Gasteiger partial charge on any atom is -0.481 e. The maximum Gasteiger partial charge on any atom is 0.401 e. The van der Waals surface area contributed by atoms with E-state index in [1.165, 1.54) is 0 Å². The molecule has 1 amide bonds. The first-order valence-corrected chi connectivity index (χ1v) is 4.07. The highest BCUT2D eigenvalue weighted by Gasteiger charge is 2.26. The summed E-state index contributed by atoms with van der Waals surface area (Å²) in [5.74, 6) is -1.75. The van der Waals surface area contributed by atoms with Gasteiger partial charge in [0.05, 0.1) is 19.5 Å². The van der Waals surface area contributed by atoms with Crippen LogP contribution in [0.5, 0.6) is 0 Å². The number of rotatable bonds is 6. The van der Waals surface area contributed by atoms with Crippen LogP contribution >= 0.6 is 0 Å². The molecule has 0 saturated carbocycles. The van der Waals surface area contributed by atoms with Gasteiger partial charge in [-0.1, -0.05) is 0 Å². The van der Waals surface area contributed by atoms with Gasteiger partial charge in [0.1, 0.15) is 0 Å². The summed E-state index contributed by atoms with van der Waals surface area (Å²) in [7, 11) is 0. The zero-order valence-electron chi connectivity index (χ0n) is 7.73. The summed E-state index contributed by atoms with van der Waals surface area (Å²) in [6, 6.07) is 0. The molecule has 0 spiro atoms. The Balaban J connectivity index is 3.46. The fraction of sp³-hybridized carbons (Fsp3) is 0.714. The van der Waals surface area contributed by atoms with Crippen molar-refractivity contribution in [2.24, 2.45) is 0 Å². The van der Waals surface area contributed by atoms with Crippen molar-refractivity contribution in [1.82, 2.24) is 10.6 Å². The zero-order chi connectivity index (χ0) is 11.9. The number of carboxylic acid groups (broad SMARTS) is 1. The smallest absolute Gasteiger partial charge is 0.401 e. The van der Waals surface area contributed by atoms with Crippen LogP contribution in [0.3, 0.4) is 0 Å². The molecule has 0 fully saturated rings. The molecule has 5 nitrogen and oxygen atoms in total. The van der Waals surface area contributed by atoms with Crippen LogP contribution in [0.4, 0.5) is 13.2 Å². The Morgan fingerprint density at radius 2 is 1.87 bits per heavy atom. The second-order valence-corrected chi connectivity index (χ2v) is 2.71. The molecule has 0 aromatic rings. The summed E-state index contributed by atoms with van der Waals surface area (Å²) in [6.45, 7) is -1.83. The monoisotopic (exact) mass is 228 g/mol. The molecule has 3 N–H and O–H groups in total. The van der Waals surface area contributed by atoms with Crippen LogP contribution in [-0.2, 0) is 9.59 Å².